The summed E-state index contributed by atoms with van der Waals surface area (Å²) in [5.41, 5.74) is 1.53. The van der Waals surface area contributed by atoms with Gasteiger partial charge in [0.05, 0.1) is 28.5 Å². The highest BCUT2D eigenvalue weighted by Gasteiger charge is 2.10. The molecule has 0 unspecified atom stereocenters. The zero-order valence-electron chi connectivity index (χ0n) is 12.6. The number of hydrogen-bond acceptors (Lipinski definition) is 6. The van der Waals surface area contributed by atoms with Gasteiger partial charge in [-0.3, -0.25) is 14.9 Å². The summed E-state index contributed by atoms with van der Waals surface area (Å²) in [5, 5.41) is 13.9. The monoisotopic (exact) mass is 333 g/mol. The molecule has 0 atom stereocenters. The molecule has 120 valence electrons. The number of nitro groups is 1. The van der Waals surface area contributed by atoms with Crippen molar-refractivity contribution in [2.24, 2.45) is 0 Å². The van der Waals surface area contributed by atoms with Crippen molar-refractivity contribution in [1.82, 2.24) is 4.98 Å². The van der Waals surface area contributed by atoms with Crippen LogP contribution in [-0.2, 0) is 4.79 Å². The average molecular weight is 333 g/mol. The number of thioether (sulfide) groups is 1. The second-order valence-corrected chi connectivity index (χ2v) is 5.65. The summed E-state index contributed by atoms with van der Waals surface area (Å²) in [6.45, 7) is 1.92. The van der Waals surface area contributed by atoms with Gasteiger partial charge in [-0.25, -0.2) is 4.98 Å². The average Bonchev–Trinajstić information content (AvgIpc) is 2.53. The van der Waals surface area contributed by atoms with Crippen molar-refractivity contribution in [3.63, 3.8) is 0 Å². The predicted molar refractivity (Wildman–Crippen MR) is 88.0 cm³/mol. The fourth-order valence-electron chi connectivity index (χ4n) is 1.81. The van der Waals surface area contributed by atoms with Crippen LogP contribution in [0.3, 0.4) is 0 Å². The summed E-state index contributed by atoms with van der Waals surface area (Å²) in [4.78, 5) is 26.0. The molecule has 1 aromatic carbocycles. The maximum atomic E-state index is 12.0. The van der Waals surface area contributed by atoms with Gasteiger partial charge in [0.25, 0.3) is 5.69 Å². The third-order valence-electron chi connectivity index (χ3n) is 2.91. The molecule has 7 nitrogen and oxygen atoms in total. The van der Waals surface area contributed by atoms with Gasteiger partial charge in [-0.05, 0) is 30.7 Å². The number of nitrogens with one attached hydrogen (secondary N) is 1. The van der Waals surface area contributed by atoms with Gasteiger partial charge in [-0.15, -0.1) is 0 Å². The van der Waals surface area contributed by atoms with Crippen molar-refractivity contribution in [1.29, 1.82) is 0 Å². The van der Waals surface area contributed by atoms with Crippen molar-refractivity contribution >= 4 is 29.0 Å². The van der Waals surface area contributed by atoms with Crippen molar-refractivity contribution in [3.05, 3.63) is 52.2 Å². The molecule has 0 saturated carbocycles. The number of carbonyl (C=O) groups excluding carboxylic acids is 1. The number of ether oxygens (including phenoxy) is 1. The van der Waals surface area contributed by atoms with E-state index in [1.165, 1.54) is 37.2 Å². The summed E-state index contributed by atoms with van der Waals surface area (Å²) in [6.07, 6.45) is 1.17. The molecule has 0 spiro atoms. The molecule has 1 heterocycles. The summed E-state index contributed by atoms with van der Waals surface area (Å²) in [5.74, 6) is 0.517. The Kier molecular flexibility index (Phi) is 5.53. The van der Waals surface area contributed by atoms with E-state index in [4.69, 9.17) is 4.74 Å². The molecule has 1 aromatic heterocycles. The molecule has 23 heavy (non-hydrogen) atoms. The number of nitrogens with zero attached hydrogens (tertiary/aromatic N) is 2. The first kappa shape index (κ1) is 16.8. The highest BCUT2D eigenvalue weighted by molar-refractivity contribution is 7.99. The number of amides is 1. The number of carbonyl (C=O) groups is 1. The Hall–Kier alpha value is -2.61. The summed E-state index contributed by atoms with van der Waals surface area (Å²) < 4.78 is 5.20. The zero-order valence-corrected chi connectivity index (χ0v) is 13.4. The fourth-order valence-corrected chi connectivity index (χ4v) is 2.45. The highest BCUT2D eigenvalue weighted by Crippen LogP contribution is 2.26. The molecule has 1 amide bonds. The number of aryl methyl sites for hydroxylation is 1. The van der Waals surface area contributed by atoms with E-state index < -0.39 is 4.92 Å². The second kappa shape index (κ2) is 7.59. The molecule has 8 heteroatoms. The Morgan fingerprint density at radius 1 is 1.39 bits per heavy atom. The molecule has 1 N–H and O–H groups in total. The number of hydrogen-bond donors (Lipinski definition) is 1. The number of pyridine rings is 1. The topological polar surface area (TPSA) is 94.4 Å². The normalized spacial score (nSPS) is 10.2. The van der Waals surface area contributed by atoms with Crippen LogP contribution in [0.5, 0.6) is 5.75 Å². The minimum absolute atomic E-state index is 0.0803. The Balaban J connectivity index is 1.95. The predicted octanol–water partition coefficient (Wildman–Crippen LogP) is 3.04. The first-order chi connectivity index (χ1) is 11.0. The van der Waals surface area contributed by atoms with Crippen molar-refractivity contribution in [3.8, 4) is 5.75 Å². The van der Waals surface area contributed by atoms with Crippen molar-refractivity contribution in [2.45, 2.75) is 11.9 Å². The van der Waals surface area contributed by atoms with Gasteiger partial charge in [0.1, 0.15) is 11.9 Å². The zero-order chi connectivity index (χ0) is 16.8. The lowest BCUT2D eigenvalue weighted by atomic mass is 10.2. The van der Waals surface area contributed by atoms with Gasteiger partial charge in [-0.1, -0.05) is 17.8 Å². The highest BCUT2D eigenvalue weighted by atomic mass is 32.2. The molecule has 2 aromatic rings. The van der Waals surface area contributed by atoms with Gasteiger partial charge in [-0.2, -0.15) is 0 Å². The van der Waals surface area contributed by atoms with Crippen molar-refractivity contribution in [2.75, 3.05) is 18.2 Å². The van der Waals surface area contributed by atoms with E-state index in [1.807, 2.05) is 19.1 Å². The van der Waals surface area contributed by atoms with E-state index >= 15 is 0 Å². The van der Waals surface area contributed by atoms with Gasteiger partial charge in [0, 0.05) is 6.07 Å². The maximum absolute atomic E-state index is 12.0. The second-order valence-electron chi connectivity index (χ2n) is 4.65. The SMILES string of the molecule is COc1ccc(C)cc1NC(=O)CSc1ccc([N+](=O)[O-])cn1. The van der Waals surface area contributed by atoms with Crippen LogP contribution in [-0.4, -0.2) is 28.7 Å². The van der Waals surface area contributed by atoms with Gasteiger partial charge in [0.15, 0.2) is 0 Å². The summed E-state index contributed by atoms with van der Waals surface area (Å²) in [6, 6.07) is 8.38. The van der Waals surface area contributed by atoms with Gasteiger partial charge >= 0.3 is 0 Å². The standard InChI is InChI=1S/C15H15N3O4S/c1-10-3-5-13(22-2)12(7-10)17-14(19)9-23-15-6-4-11(8-16-15)18(20)21/h3-8H,9H2,1-2H3,(H,17,19). The summed E-state index contributed by atoms with van der Waals surface area (Å²) >= 11 is 1.20. The molecule has 0 aliphatic heterocycles. The van der Waals surface area contributed by atoms with E-state index in [0.29, 0.717) is 16.5 Å². The van der Waals surface area contributed by atoms with Gasteiger partial charge < -0.3 is 10.1 Å². The van der Waals surface area contributed by atoms with Crippen LogP contribution in [0, 0.1) is 17.0 Å². The number of methoxy groups -OCH3 is 1. The van der Waals surface area contributed by atoms with Crippen LogP contribution in [0.25, 0.3) is 0 Å². The van der Waals surface area contributed by atoms with Crippen LogP contribution in [0.2, 0.25) is 0 Å². The van der Waals surface area contributed by atoms with E-state index in [1.54, 1.807) is 6.07 Å². The molecule has 0 aliphatic carbocycles. The Morgan fingerprint density at radius 2 is 2.17 bits per heavy atom. The van der Waals surface area contributed by atoms with Crippen molar-refractivity contribution < 1.29 is 14.5 Å². The lowest BCUT2D eigenvalue weighted by Crippen LogP contribution is -2.15. The van der Waals surface area contributed by atoms with E-state index in [2.05, 4.69) is 10.3 Å². The third-order valence-corrected chi connectivity index (χ3v) is 3.86. The minimum Gasteiger partial charge on any atom is -0.495 e. The third kappa shape index (κ3) is 4.68. The van der Waals surface area contributed by atoms with Crippen LogP contribution >= 0.6 is 11.8 Å². The largest absolute Gasteiger partial charge is 0.495 e. The minimum atomic E-state index is -0.516. The smallest absolute Gasteiger partial charge is 0.287 e. The lowest BCUT2D eigenvalue weighted by molar-refractivity contribution is -0.385. The van der Waals surface area contributed by atoms with Gasteiger partial charge in [0.2, 0.25) is 5.91 Å². The molecule has 0 fully saturated rings. The number of aromatic nitrogens is 1. The van der Waals surface area contributed by atoms with Crippen LogP contribution in [0.15, 0.2) is 41.6 Å². The quantitative estimate of drug-likeness (QED) is 0.496. The van der Waals surface area contributed by atoms with E-state index in [9.17, 15) is 14.9 Å². The summed E-state index contributed by atoms with van der Waals surface area (Å²) in [7, 11) is 1.54. The Morgan fingerprint density at radius 3 is 2.78 bits per heavy atom. The molecular formula is C15H15N3O4S. The fraction of sp³-hybridized carbons (Fsp3) is 0.200. The first-order valence-electron chi connectivity index (χ1n) is 6.67. The van der Waals surface area contributed by atoms with Crippen LogP contribution in [0.1, 0.15) is 5.56 Å². The number of anilines is 1. The van der Waals surface area contributed by atoms with Crippen LogP contribution in [0.4, 0.5) is 11.4 Å². The molecule has 0 aliphatic rings. The first-order valence-corrected chi connectivity index (χ1v) is 7.66. The maximum Gasteiger partial charge on any atom is 0.287 e. The molecule has 0 bridgehead atoms. The number of benzene rings is 1. The lowest BCUT2D eigenvalue weighted by Gasteiger charge is -2.10. The Labute approximate surface area is 137 Å². The van der Waals surface area contributed by atoms with Crippen LogP contribution < -0.4 is 10.1 Å². The molecular weight excluding hydrogens is 318 g/mol. The number of rotatable bonds is 6. The molecule has 0 saturated heterocycles. The Bertz CT molecular complexity index is 719. The molecule has 2 rings (SSSR count). The van der Waals surface area contributed by atoms with E-state index in [0.717, 1.165) is 5.56 Å². The van der Waals surface area contributed by atoms with E-state index in [-0.39, 0.29) is 17.3 Å². The molecule has 0 radical (unpaired) electrons.